The summed E-state index contributed by atoms with van der Waals surface area (Å²) in [5, 5.41) is 3.05. The standard InChI is InChI=1S/C13H20N2O2/c1-2-3-10-17-13(16)11-14-9-7-12-6-4-5-8-15-12/h4-6,8,14H,2-3,7,9-11H2,1H3. The molecular weight excluding hydrogens is 216 g/mol. The van der Waals surface area contributed by atoms with Crippen LogP contribution in [0.15, 0.2) is 24.4 Å². The molecule has 0 spiro atoms. The lowest BCUT2D eigenvalue weighted by Crippen LogP contribution is -2.27. The van der Waals surface area contributed by atoms with E-state index < -0.39 is 0 Å². The molecule has 0 radical (unpaired) electrons. The van der Waals surface area contributed by atoms with Gasteiger partial charge >= 0.3 is 5.97 Å². The van der Waals surface area contributed by atoms with Crippen molar-refractivity contribution in [2.24, 2.45) is 0 Å². The van der Waals surface area contributed by atoms with Crippen molar-refractivity contribution in [2.45, 2.75) is 26.2 Å². The van der Waals surface area contributed by atoms with Gasteiger partial charge in [-0.3, -0.25) is 9.78 Å². The average Bonchev–Trinajstić information content (AvgIpc) is 2.36. The Labute approximate surface area is 102 Å². The van der Waals surface area contributed by atoms with Gasteiger partial charge in [0.1, 0.15) is 0 Å². The van der Waals surface area contributed by atoms with Gasteiger partial charge in [0.2, 0.25) is 0 Å². The van der Waals surface area contributed by atoms with Crippen LogP contribution in [0.4, 0.5) is 0 Å². The minimum absolute atomic E-state index is 0.181. The van der Waals surface area contributed by atoms with E-state index in [4.69, 9.17) is 4.74 Å². The SMILES string of the molecule is CCCCOC(=O)CNCCc1ccccn1. The van der Waals surface area contributed by atoms with Crippen LogP contribution in [-0.2, 0) is 16.0 Å². The third-order valence-corrected chi connectivity index (χ3v) is 2.31. The molecule has 0 aromatic carbocycles. The second-order valence-corrected chi connectivity index (χ2v) is 3.82. The van der Waals surface area contributed by atoms with Crippen molar-refractivity contribution in [3.05, 3.63) is 30.1 Å². The van der Waals surface area contributed by atoms with Crippen molar-refractivity contribution in [3.8, 4) is 0 Å². The molecule has 1 aromatic heterocycles. The molecule has 0 aliphatic carbocycles. The van der Waals surface area contributed by atoms with Crippen LogP contribution >= 0.6 is 0 Å². The normalized spacial score (nSPS) is 10.2. The first-order chi connectivity index (χ1) is 8.33. The second-order valence-electron chi connectivity index (χ2n) is 3.82. The molecule has 1 heterocycles. The van der Waals surface area contributed by atoms with Crippen LogP contribution in [0.5, 0.6) is 0 Å². The number of pyridine rings is 1. The molecule has 94 valence electrons. The summed E-state index contributed by atoms with van der Waals surface area (Å²) in [5.74, 6) is -0.181. The van der Waals surface area contributed by atoms with Crippen LogP contribution in [0.25, 0.3) is 0 Å². The summed E-state index contributed by atoms with van der Waals surface area (Å²) >= 11 is 0. The Bertz CT molecular complexity index is 314. The maximum Gasteiger partial charge on any atom is 0.319 e. The maximum absolute atomic E-state index is 11.2. The number of carbonyl (C=O) groups is 1. The lowest BCUT2D eigenvalue weighted by Gasteiger charge is -2.05. The Morgan fingerprint density at radius 3 is 3.06 bits per heavy atom. The molecule has 0 atom stereocenters. The molecule has 1 N–H and O–H groups in total. The minimum Gasteiger partial charge on any atom is -0.465 e. The van der Waals surface area contributed by atoms with Crippen LogP contribution in [0.2, 0.25) is 0 Å². The quantitative estimate of drug-likeness (QED) is 0.549. The van der Waals surface area contributed by atoms with Gasteiger partial charge in [-0.1, -0.05) is 19.4 Å². The van der Waals surface area contributed by atoms with Gasteiger partial charge in [0.15, 0.2) is 0 Å². The number of ether oxygens (including phenoxy) is 1. The Morgan fingerprint density at radius 1 is 1.47 bits per heavy atom. The van der Waals surface area contributed by atoms with Gasteiger partial charge in [-0.05, 0) is 18.6 Å². The fourth-order valence-corrected chi connectivity index (χ4v) is 1.33. The molecule has 0 aliphatic heterocycles. The van der Waals surface area contributed by atoms with Gasteiger partial charge in [-0.15, -0.1) is 0 Å². The van der Waals surface area contributed by atoms with E-state index in [0.29, 0.717) is 6.61 Å². The molecule has 0 aliphatic rings. The second kappa shape index (κ2) is 8.70. The molecule has 0 fully saturated rings. The van der Waals surface area contributed by atoms with E-state index >= 15 is 0 Å². The zero-order valence-electron chi connectivity index (χ0n) is 10.3. The van der Waals surface area contributed by atoms with Crippen LogP contribution in [0.3, 0.4) is 0 Å². The van der Waals surface area contributed by atoms with Gasteiger partial charge < -0.3 is 10.1 Å². The van der Waals surface area contributed by atoms with Gasteiger partial charge in [0.25, 0.3) is 0 Å². The van der Waals surface area contributed by atoms with Gasteiger partial charge in [-0.25, -0.2) is 0 Å². The number of unbranched alkanes of at least 4 members (excludes halogenated alkanes) is 1. The molecule has 0 saturated heterocycles. The Kier molecular flexibility index (Phi) is 6.98. The van der Waals surface area contributed by atoms with Crippen molar-refractivity contribution in [1.29, 1.82) is 0 Å². The van der Waals surface area contributed by atoms with Crippen molar-refractivity contribution in [2.75, 3.05) is 19.7 Å². The zero-order valence-corrected chi connectivity index (χ0v) is 10.3. The first kappa shape index (κ1) is 13.6. The lowest BCUT2D eigenvalue weighted by molar-refractivity contribution is -0.142. The number of esters is 1. The lowest BCUT2D eigenvalue weighted by atomic mass is 10.3. The molecule has 0 amide bonds. The van der Waals surface area contributed by atoms with E-state index in [1.807, 2.05) is 18.2 Å². The van der Waals surface area contributed by atoms with E-state index in [0.717, 1.165) is 31.5 Å². The van der Waals surface area contributed by atoms with E-state index in [2.05, 4.69) is 17.2 Å². The van der Waals surface area contributed by atoms with Crippen molar-refractivity contribution < 1.29 is 9.53 Å². The highest BCUT2D eigenvalue weighted by Gasteiger charge is 2.01. The van der Waals surface area contributed by atoms with Gasteiger partial charge in [0.05, 0.1) is 13.2 Å². The topological polar surface area (TPSA) is 51.2 Å². The summed E-state index contributed by atoms with van der Waals surface area (Å²) < 4.78 is 5.02. The van der Waals surface area contributed by atoms with Gasteiger partial charge in [0, 0.05) is 24.9 Å². The van der Waals surface area contributed by atoms with Crippen LogP contribution in [-0.4, -0.2) is 30.6 Å². The molecule has 17 heavy (non-hydrogen) atoms. The number of carbonyl (C=O) groups excluding carboxylic acids is 1. The highest BCUT2D eigenvalue weighted by molar-refractivity contribution is 5.71. The Morgan fingerprint density at radius 2 is 2.35 bits per heavy atom. The highest BCUT2D eigenvalue weighted by Crippen LogP contribution is 1.93. The fourth-order valence-electron chi connectivity index (χ4n) is 1.33. The number of hydrogen-bond donors (Lipinski definition) is 1. The summed E-state index contributed by atoms with van der Waals surface area (Å²) in [6, 6.07) is 5.82. The molecule has 4 heteroatoms. The molecule has 4 nitrogen and oxygen atoms in total. The maximum atomic E-state index is 11.2. The largest absolute Gasteiger partial charge is 0.465 e. The van der Waals surface area contributed by atoms with Gasteiger partial charge in [-0.2, -0.15) is 0 Å². The smallest absolute Gasteiger partial charge is 0.319 e. The predicted molar refractivity (Wildman–Crippen MR) is 66.7 cm³/mol. The third kappa shape index (κ3) is 6.68. The zero-order chi connectivity index (χ0) is 12.3. The van der Waals surface area contributed by atoms with Crippen molar-refractivity contribution in [1.82, 2.24) is 10.3 Å². The summed E-state index contributed by atoms with van der Waals surface area (Å²) in [5.41, 5.74) is 1.03. The molecule has 1 aromatic rings. The van der Waals surface area contributed by atoms with E-state index in [-0.39, 0.29) is 12.5 Å². The first-order valence-corrected chi connectivity index (χ1v) is 6.09. The summed E-state index contributed by atoms with van der Waals surface area (Å²) in [4.78, 5) is 15.4. The summed E-state index contributed by atoms with van der Waals surface area (Å²) in [6.45, 7) is 3.60. The highest BCUT2D eigenvalue weighted by atomic mass is 16.5. The third-order valence-electron chi connectivity index (χ3n) is 2.31. The number of nitrogens with zero attached hydrogens (tertiary/aromatic N) is 1. The number of hydrogen-bond acceptors (Lipinski definition) is 4. The van der Waals surface area contributed by atoms with Crippen LogP contribution in [0.1, 0.15) is 25.5 Å². The Balaban J connectivity index is 2.02. The average molecular weight is 236 g/mol. The number of nitrogens with one attached hydrogen (secondary N) is 1. The van der Waals surface area contributed by atoms with E-state index in [9.17, 15) is 4.79 Å². The number of rotatable bonds is 8. The number of aromatic nitrogens is 1. The minimum atomic E-state index is -0.181. The van der Waals surface area contributed by atoms with Crippen LogP contribution in [0, 0.1) is 0 Å². The summed E-state index contributed by atoms with van der Waals surface area (Å²) in [7, 11) is 0. The molecule has 0 saturated carbocycles. The van der Waals surface area contributed by atoms with Crippen molar-refractivity contribution >= 4 is 5.97 Å². The molecule has 1 rings (SSSR count). The predicted octanol–water partition coefficient (Wildman–Crippen LogP) is 1.56. The van der Waals surface area contributed by atoms with Crippen LogP contribution < -0.4 is 5.32 Å². The van der Waals surface area contributed by atoms with E-state index in [1.165, 1.54) is 0 Å². The van der Waals surface area contributed by atoms with E-state index in [1.54, 1.807) is 6.20 Å². The molecular formula is C13H20N2O2. The summed E-state index contributed by atoms with van der Waals surface area (Å²) in [6.07, 6.45) is 4.57. The fraction of sp³-hybridized carbons (Fsp3) is 0.538. The van der Waals surface area contributed by atoms with Crippen molar-refractivity contribution in [3.63, 3.8) is 0 Å². The molecule has 0 bridgehead atoms. The monoisotopic (exact) mass is 236 g/mol. The molecule has 0 unspecified atom stereocenters. The Hall–Kier alpha value is -1.42. The first-order valence-electron chi connectivity index (χ1n) is 6.09.